The Hall–Kier alpha value is -3.73. The van der Waals surface area contributed by atoms with E-state index in [4.69, 9.17) is 4.74 Å². The molecule has 0 bridgehead atoms. The first kappa shape index (κ1) is 21.5. The Labute approximate surface area is 188 Å². The molecule has 1 aliphatic rings. The topological polar surface area (TPSA) is 59.5 Å². The van der Waals surface area contributed by atoms with Crippen LogP contribution in [0.2, 0.25) is 0 Å². The van der Waals surface area contributed by atoms with Gasteiger partial charge in [0.1, 0.15) is 12.4 Å². The van der Waals surface area contributed by atoms with E-state index in [1.165, 1.54) is 0 Å². The minimum absolute atomic E-state index is 0.0101. The van der Waals surface area contributed by atoms with E-state index in [9.17, 15) is 9.59 Å². The van der Waals surface area contributed by atoms with Gasteiger partial charge in [-0.2, -0.15) is 0 Å². The van der Waals surface area contributed by atoms with Crippen LogP contribution in [0.15, 0.2) is 85.1 Å². The largest absolute Gasteiger partial charge is 0.487 e. The van der Waals surface area contributed by atoms with E-state index < -0.39 is 0 Å². The molecule has 0 saturated carbocycles. The number of nitrogens with zero attached hydrogens (tertiary/aromatic N) is 2. The van der Waals surface area contributed by atoms with Gasteiger partial charge in [-0.25, -0.2) is 0 Å². The number of piperidine rings is 1. The number of ether oxygens (including phenoxy) is 1. The summed E-state index contributed by atoms with van der Waals surface area (Å²) >= 11 is 0. The van der Waals surface area contributed by atoms with E-state index >= 15 is 0 Å². The van der Waals surface area contributed by atoms with Gasteiger partial charge >= 0.3 is 0 Å². The first-order valence-corrected chi connectivity index (χ1v) is 10.9. The molecular weight excluding hydrogens is 400 g/mol. The Morgan fingerprint density at radius 1 is 0.938 bits per heavy atom. The predicted octanol–water partition coefficient (Wildman–Crippen LogP) is 4.80. The molecule has 2 aromatic carbocycles. The standard InChI is InChI=1S/C27H26N2O3/c30-26(29-18-15-23(16-19-29)27(31)22-6-2-1-3-7-22)14-11-21-9-12-25(13-10-21)32-20-24-8-4-5-17-28-24/h1-14,17,23H,15-16,18-20H2/b14-11+. The average Bonchev–Trinajstić information content (AvgIpc) is 2.87. The second-order valence-corrected chi connectivity index (χ2v) is 7.84. The Kier molecular flexibility index (Phi) is 7.08. The zero-order chi connectivity index (χ0) is 22.2. The van der Waals surface area contributed by atoms with E-state index in [1.54, 1.807) is 12.3 Å². The molecule has 2 heterocycles. The first-order valence-electron chi connectivity index (χ1n) is 10.9. The summed E-state index contributed by atoms with van der Waals surface area (Å²) in [5, 5.41) is 0. The van der Waals surface area contributed by atoms with Gasteiger partial charge in [-0.15, -0.1) is 0 Å². The highest BCUT2D eigenvalue weighted by molar-refractivity contribution is 5.98. The Morgan fingerprint density at radius 3 is 2.34 bits per heavy atom. The SMILES string of the molecule is O=C(c1ccccc1)C1CCN(C(=O)/C=C/c2ccc(OCc3ccccn3)cc2)CC1. The summed E-state index contributed by atoms with van der Waals surface area (Å²) < 4.78 is 5.74. The van der Waals surface area contributed by atoms with Gasteiger partial charge in [0.15, 0.2) is 5.78 Å². The quantitative estimate of drug-likeness (QED) is 0.402. The van der Waals surface area contributed by atoms with Crippen LogP contribution in [0, 0.1) is 5.92 Å². The molecule has 0 unspecified atom stereocenters. The Morgan fingerprint density at radius 2 is 1.66 bits per heavy atom. The van der Waals surface area contributed by atoms with Crippen LogP contribution < -0.4 is 4.74 Å². The predicted molar refractivity (Wildman–Crippen MR) is 124 cm³/mol. The molecule has 162 valence electrons. The summed E-state index contributed by atoms with van der Waals surface area (Å²) in [6.07, 6.45) is 6.56. The minimum atomic E-state index is -0.0221. The summed E-state index contributed by atoms with van der Waals surface area (Å²) in [6.45, 7) is 1.62. The van der Waals surface area contributed by atoms with Crippen molar-refractivity contribution >= 4 is 17.8 Å². The fourth-order valence-electron chi connectivity index (χ4n) is 3.79. The minimum Gasteiger partial charge on any atom is -0.487 e. The summed E-state index contributed by atoms with van der Waals surface area (Å²) in [6, 6.07) is 22.7. The molecule has 0 aliphatic carbocycles. The maximum atomic E-state index is 12.6. The Balaban J connectivity index is 1.25. The molecule has 0 atom stereocenters. The number of carbonyl (C=O) groups excluding carboxylic acids is 2. The highest BCUT2D eigenvalue weighted by Crippen LogP contribution is 2.22. The normalized spacial score (nSPS) is 14.4. The smallest absolute Gasteiger partial charge is 0.246 e. The van der Waals surface area contributed by atoms with Crippen molar-refractivity contribution in [3.05, 3.63) is 102 Å². The second-order valence-electron chi connectivity index (χ2n) is 7.84. The van der Waals surface area contributed by atoms with Gasteiger partial charge in [0.2, 0.25) is 5.91 Å². The highest BCUT2D eigenvalue weighted by atomic mass is 16.5. The summed E-state index contributed by atoms with van der Waals surface area (Å²) in [4.78, 5) is 31.2. The second kappa shape index (κ2) is 10.5. The molecule has 5 nitrogen and oxygen atoms in total. The third-order valence-corrected chi connectivity index (χ3v) is 5.65. The molecular formula is C27H26N2O3. The number of hydrogen-bond acceptors (Lipinski definition) is 4. The number of amides is 1. The number of ketones is 1. The third-order valence-electron chi connectivity index (χ3n) is 5.65. The van der Waals surface area contributed by atoms with E-state index in [0.717, 1.165) is 22.6 Å². The molecule has 1 saturated heterocycles. The van der Waals surface area contributed by atoms with Crippen molar-refractivity contribution in [3.63, 3.8) is 0 Å². The fourth-order valence-corrected chi connectivity index (χ4v) is 3.79. The number of hydrogen-bond donors (Lipinski definition) is 0. The summed E-state index contributed by atoms with van der Waals surface area (Å²) in [7, 11) is 0. The van der Waals surface area contributed by atoms with Crippen molar-refractivity contribution in [2.24, 2.45) is 5.92 Å². The molecule has 0 spiro atoms. The van der Waals surface area contributed by atoms with Crippen molar-refractivity contribution in [1.29, 1.82) is 0 Å². The molecule has 1 aromatic heterocycles. The van der Waals surface area contributed by atoms with Crippen molar-refractivity contribution in [3.8, 4) is 5.75 Å². The number of benzene rings is 2. The zero-order valence-electron chi connectivity index (χ0n) is 17.9. The van der Waals surface area contributed by atoms with E-state index in [0.29, 0.717) is 32.5 Å². The summed E-state index contributed by atoms with van der Waals surface area (Å²) in [5.74, 6) is 0.901. The van der Waals surface area contributed by atoms with Crippen LogP contribution in [-0.4, -0.2) is 34.7 Å². The molecule has 4 rings (SSSR count). The lowest BCUT2D eigenvalue weighted by Crippen LogP contribution is -2.39. The van der Waals surface area contributed by atoms with Crippen LogP contribution in [0.25, 0.3) is 6.08 Å². The van der Waals surface area contributed by atoms with Crippen molar-refractivity contribution < 1.29 is 14.3 Å². The van der Waals surface area contributed by atoms with Crippen LogP contribution in [0.1, 0.15) is 34.5 Å². The first-order chi connectivity index (χ1) is 15.7. The molecule has 5 heteroatoms. The number of likely N-dealkylation sites (tertiary alicyclic amines) is 1. The van der Waals surface area contributed by atoms with Crippen LogP contribution in [0.3, 0.4) is 0 Å². The zero-order valence-corrected chi connectivity index (χ0v) is 17.9. The van der Waals surface area contributed by atoms with E-state index in [2.05, 4.69) is 4.98 Å². The molecule has 1 aliphatic heterocycles. The fraction of sp³-hybridized carbons (Fsp3) is 0.222. The number of rotatable bonds is 7. The maximum Gasteiger partial charge on any atom is 0.246 e. The lowest BCUT2D eigenvalue weighted by atomic mass is 9.89. The molecule has 1 fully saturated rings. The molecule has 32 heavy (non-hydrogen) atoms. The van der Waals surface area contributed by atoms with Gasteiger partial charge in [0, 0.05) is 36.8 Å². The van der Waals surface area contributed by atoms with Gasteiger partial charge in [-0.05, 0) is 48.7 Å². The number of Topliss-reactive ketones (excluding diaryl/α,β-unsaturated/α-hetero) is 1. The summed E-state index contributed by atoms with van der Waals surface area (Å²) in [5.41, 5.74) is 2.55. The van der Waals surface area contributed by atoms with Crippen molar-refractivity contribution in [2.45, 2.75) is 19.4 Å². The lowest BCUT2D eigenvalue weighted by Gasteiger charge is -2.30. The van der Waals surface area contributed by atoms with Crippen LogP contribution >= 0.6 is 0 Å². The van der Waals surface area contributed by atoms with Gasteiger partial charge in [0.25, 0.3) is 0 Å². The van der Waals surface area contributed by atoms with Crippen LogP contribution in [0.5, 0.6) is 5.75 Å². The van der Waals surface area contributed by atoms with E-state index in [1.807, 2.05) is 83.8 Å². The van der Waals surface area contributed by atoms with Crippen LogP contribution in [0.4, 0.5) is 0 Å². The lowest BCUT2D eigenvalue weighted by molar-refractivity contribution is -0.127. The molecule has 0 N–H and O–H groups in total. The number of carbonyl (C=O) groups is 2. The average molecular weight is 427 g/mol. The van der Waals surface area contributed by atoms with Gasteiger partial charge < -0.3 is 9.64 Å². The number of pyridine rings is 1. The van der Waals surface area contributed by atoms with Crippen molar-refractivity contribution in [1.82, 2.24) is 9.88 Å². The number of aromatic nitrogens is 1. The maximum absolute atomic E-state index is 12.6. The molecule has 0 radical (unpaired) electrons. The van der Waals surface area contributed by atoms with Gasteiger partial charge in [-0.1, -0.05) is 48.5 Å². The monoisotopic (exact) mass is 426 g/mol. The van der Waals surface area contributed by atoms with E-state index in [-0.39, 0.29) is 17.6 Å². The van der Waals surface area contributed by atoms with Gasteiger partial charge in [0.05, 0.1) is 5.69 Å². The molecule has 1 amide bonds. The highest BCUT2D eigenvalue weighted by Gasteiger charge is 2.27. The molecule has 3 aromatic rings. The van der Waals surface area contributed by atoms with Crippen molar-refractivity contribution in [2.75, 3.05) is 13.1 Å². The Bertz CT molecular complexity index is 1060. The van der Waals surface area contributed by atoms with Gasteiger partial charge in [-0.3, -0.25) is 14.6 Å². The third kappa shape index (κ3) is 5.70. The van der Waals surface area contributed by atoms with Crippen LogP contribution in [-0.2, 0) is 11.4 Å².